The molecule has 1 saturated heterocycles. The fraction of sp³-hybridized carbons (Fsp3) is 0.444. The lowest BCUT2D eigenvalue weighted by atomic mass is 9.76. The zero-order chi connectivity index (χ0) is 26.4. The average Bonchev–Trinajstić information content (AvgIpc) is 3.33. The van der Waals surface area contributed by atoms with Crippen LogP contribution in [-0.2, 0) is 32.0 Å². The number of nitrogens with one attached hydrogen (secondary N) is 1. The Balaban J connectivity index is 1.37. The van der Waals surface area contributed by atoms with Crippen molar-refractivity contribution in [3.8, 4) is 0 Å². The summed E-state index contributed by atoms with van der Waals surface area (Å²) in [5.41, 5.74) is 2.52. The molecule has 0 saturated carbocycles. The molecule has 37 heavy (non-hydrogen) atoms. The molecule has 1 unspecified atom stereocenters. The minimum atomic E-state index is -0.559. The fourth-order valence-electron chi connectivity index (χ4n) is 4.77. The number of aromatic nitrogens is 2. The van der Waals surface area contributed by atoms with Gasteiger partial charge in [0.05, 0.1) is 28.5 Å². The molecule has 10 heteroatoms. The molecule has 2 aliphatic rings. The number of hydrogen-bond donors (Lipinski definition) is 1. The lowest BCUT2D eigenvalue weighted by Gasteiger charge is -2.32. The summed E-state index contributed by atoms with van der Waals surface area (Å²) in [6.45, 7) is 8.83. The third-order valence-corrected chi connectivity index (χ3v) is 7.57. The van der Waals surface area contributed by atoms with Gasteiger partial charge in [0, 0.05) is 19.0 Å². The van der Waals surface area contributed by atoms with E-state index in [0.717, 1.165) is 27.6 Å². The van der Waals surface area contributed by atoms with Gasteiger partial charge in [-0.15, -0.1) is 0 Å². The van der Waals surface area contributed by atoms with Gasteiger partial charge in [0.25, 0.3) is 0 Å². The van der Waals surface area contributed by atoms with Crippen molar-refractivity contribution < 1.29 is 23.6 Å². The number of ether oxygens (including phenoxy) is 1. The molecule has 1 N–H and O–H groups in total. The monoisotopic (exact) mass is 504 g/mol. The van der Waals surface area contributed by atoms with E-state index in [1.165, 1.54) is 4.90 Å². The van der Waals surface area contributed by atoms with E-state index in [1.54, 1.807) is 11.7 Å². The number of hydrogen-bond acceptors (Lipinski definition) is 6. The molecule has 2 aromatic carbocycles. The van der Waals surface area contributed by atoms with E-state index in [-0.39, 0.29) is 25.1 Å². The third-order valence-electron chi connectivity index (χ3n) is 7.57. The first-order valence-corrected chi connectivity index (χ1v) is 12.6. The van der Waals surface area contributed by atoms with Crippen LogP contribution in [0.15, 0.2) is 48.5 Å². The summed E-state index contributed by atoms with van der Waals surface area (Å²) in [5, 5.41) is 8.73. The van der Waals surface area contributed by atoms with Crippen LogP contribution in [-0.4, -0.2) is 58.6 Å². The largest absolute Gasteiger partial charge is 0.495 e. The Labute approximate surface area is 217 Å². The number of carbonyl (C=O) groups excluding carboxylic acids is 2. The summed E-state index contributed by atoms with van der Waals surface area (Å²) in [6, 6.07) is 15.1. The Kier molecular flexibility index (Phi) is 6.49. The minimum Gasteiger partial charge on any atom is -0.445 e. The average molecular weight is 504 g/mol. The zero-order valence-corrected chi connectivity index (χ0v) is 22.0. The second-order valence-electron chi connectivity index (χ2n) is 10.7. The van der Waals surface area contributed by atoms with E-state index in [0.29, 0.717) is 13.0 Å². The number of nitrogens with zero attached hydrogens (tertiary/aromatic N) is 3. The Morgan fingerprint density at radius 3 is 2.54 bits per heavy atom. The van der Waals surface area contributed by atoms with Gasteiger partial charge in [-0.25, -0.2) is 4.79 Å². The lowest BCUT2D eigenvalue weighted by molar-refractivity contribution is -0.123. The van der Waals surface area contributed by atoms with Gasteiger partial charge in [-0.3, -0.25) is 9.48 Å². The first kappa shape index (κ1) is 25.3. The molecule has 194 valence electrons. The molecular weight excluding hydrogens is 471 g/mol. The number of carbonyl (C=O) groups is 2. The summed E-state index contributed by atoms with van der Waals surface area (Å²) in [6.07, 6.45) is 0.0866. The molecule has 1 atom stereocenters. The molecule has 0 bridgehead atoms. The van der Waals surface area contributed by atoms with Crippen LogP contribution in [0.4, 0.5) is 4.79 Å². The molecule has 0 radical (unpaired) electrons. The molecule has 0 aliphatic carbocycles. The van der Waals surface area contributed by atoms with Gasteiger partial charge in [-0.1, -0.05) is 42.5 Å². The molecule has 3 aromatic rings. The molecule has 2 amide bonds. The Bertz CT molecular complexity index is 1310. The highest BCUT2D eigenvalue weighted by atomic mass is 16.7. The van der Waals surface area contributed by atoms with Gasteiger partial charge in [0.15, 0.2) is 0 Å². The highest BCUT2D eigenvalue weighted by molar-refractivity contribution is 6.65. The maximum atomic E-state index is 12.6. The van der Waals surface area contributed by atoms with E-state index >= 15 is 0 Å². The number of benzene rings is 2. The summed E-state index contributed by atoms with van der Waals surface area (Å²) >= 11 is 0. The summed E-state index contributed by atoms with van der Waals surface area (Å²) < 4.78 is 19.9. The summed E-state index contributed by atoms with van der Waals surface area (Å²) in [5.74, 6) is -0.114. The smallest absolute Gasteiger partial charge is 0.445 e. The molecule has 5 rings (SSSR count). The van der Waals surface area contributed by atoms with Crippen LogP contribution < -0.4 is 10.8 Å². The zero-order valence-electron chi connectivity index (χ0n) is 22.0. The second-order valence-corrected chi connectivity index (χ2v) is 10.7. The van der Waals surface area contributed by atoms with Gasteiger partial charge < -0.3 is 24.3 Å². The maximum Gasteiger partial charge on any atom is 0.495 e. The highest BCUT2D eigenvalue weighted by Crippen LogP contribution is 2.38. The maximum absolute atomic E-state index is 12.6. The molecule has 3 heterocycles. The van der Waals surface area contributed by atoms with Crippen LogP contribution in [0.5, 0.6) is 0 Å². The molecule has 2 aliphatic heterocycles. The molecule has 1 aromatic heterocycles. The highest BCUT2D eigenvalue weighted by Gasteiger charge is 2.52. The summed E-state index contributed by atoms with van der Waals surface area (Å²) in [4.78, 5) is 26.6. The van der Waals surface area contributed by atoms with Crippen molar-refractivity contribution in [1.82, 2.24) is 20.0 Å². The van der Waals surface area contributed by atoms with Gasteiger partial charge in [-0.2, -0.15) is 5.10 Å². The van der Waals surface area contributed by atoms with Crippen LogP contribution in [0.25, 0.3) is 10.9 Å². The predicted molar refractivity (Wildman–Crippen MR) is 140 cm³/mol. The molecular formula is C27H33BN4O5. The quantitative estimate of drug-likeness (QED) is 0.519. The normalized spacial score (nSPS) is 20.0. The van der Waals surface area contributed by atoms with Crippen molar-refractivity contribution >= 4 is 35.5 Å². The summed E-state index contributed by atoms with van der Waals surface area (Å²) in [7, 11) is 1.14. The van der Waals surface area contributed by atoms with Gasteiger partial charge in [0.1, 0.15) is 13.2 Å². The SMILES string of the molecule is CN(CCC1NC(=O)Cn2nc3cccc(B4OC(C)(C)C(C)(C)O4)c3c21)C(=O)OCc1ccccc1. The first-order chi connectivity index (χ1) is 17.6. The van der Waals surface area contributed by atoms with Crippen molar-refractivity contribution in [2.75, 3.05) is 13.6 Å². The number of amides is 2. The van der Waals surface area contributed by atoms with Crippen molar-refractivity contribution in [3.63, 3.8) is 0 Å². The second kappa shape index (κ2) is 9.50. The van der Waals surface area contributed by atoms with Crippen molar-refractivity contribution in [3.05, 3.63) is 59.8 Å². The Hall–Kier alpha value is -3.37. The van der Waals surface area contributed by atoms with E-state index in [4.69, 9.17) is 19.1 Å². The van der Waals surface area contributed by atoms with Crippen molar-refractivity contribution in [1.29, 1.82) is 0 Å². The lowest BCUT2D eigenvalue weighted by Crippen LogP contribution is -2.42. The molecule has 9 nitrogen and oxygen atoms in total. The van der Waals surface area contributed by atoms with E-state index < -0.39 is 24.4 Å². The first-order valence-electron chi connectivity index (χ1n) is 12.6. The third kappa shape index (κ3) is 4.83. The van der Waals surface area contributed by atoms with Crippen LogP contribution in [0.1, 0.15) is 51.4 Å². The van der Waals surface area contributed by atoms with Gasteiger partial charge in [0.2, 0.25) is 5.91 Å². The molecule has 0 spiro atoms. The van der Waals surface area contributed by atoms with E-state index in [2.05, 4.69) is 5.32 Å². The Morgan fingerprint density at radius 2 is 1.84 bits per heavy atom. The van der Waals surface area contributed by atoms with Crippen LogP contribution in [0, 0.1) is 0 Å². The van der Waals surface area contributed by atoms with Gasteiger partial charge in [-0.05, 0) is 51.2 Å². The van der Waals surface area contributed by atoms with Crippen LogP contribution in [0.2, 0.25) is 0 Å². The number of fused-ring (bicyclic) bond motifs is 3. The minimum absolute atomic E-state index is 0.114. The Morgan fingerprint density at radius 1 is 1.14 bits per heavy atom. The van der Waals surface area contributed by atoms with Gasteiger partial charge >= 0.3 is 13.2 Å². The van der Waals surface area contributed by atoms with E-state index in [1.807, 2.05) is 76.2 Å². The fourth-order valence-corrected chi connectivity index (χ4v) is 4.77. The predicted octanol–water partition coefficient (Wildman–Crippen LogP) is 3.17. The van der Waals surface area contributed by atoms with Crippen LogP contribution in [0.3, 0.4) is 0 Å². The van der Waals surface area contributed by atoms with Crippen molar-refractivity contribution in [2.45, 2.75) is 64.5 Å². The van der Waals surface area contributed by atoms with E-state index in [9.17, 15) is 9.59 Å². The standard InChI is InChI=1S/C27H33BN4O5/c1-26(2)27(3,4)37-28(36-26)19-12-9-13-20-23(19)24-21(29-22(33)16-32(24)30-20)14-15-31(5)25(34)35-17-18-10-7-6-8-11-18/h6-13,21H,14-17H2,1-5H3,(H,29,33). The molecule has 1 fully saturated rings. The van der Waals surface area contributed by atoms with Crippen molar-refractivity contribution in [2.24, 2.45) is 0 Å². The van der Waals surface area contributed by atoms with Crippen LogP contribution >= 0.6 is 0 Å². The topological polar surface area (TPSA) is 94.9 Å². The number of rotatable bonds is 6.